The summed E-state index contributed by atoms with van der Waals surface area (Å²) in [6.07, 6.45) is 2.55. The van der Waals surface area contributed by atoms with Crippen molar-refractivity contribution in [3.05, 3.63) is 52.3 Å². The van der Waals surface area contributed by atoms with E-state index < -0.39 is 11.9 Å². The lowest BCUT2D eigenvalue weighted by Gasteiger charge is -2.19. The molecule has 1 unspecified atom stereocenters. The lowest BCUT2D eigenvalue weighted by molar-refractivity contribution is 0.147. The average Bonchev–Trinajstić information content (AvgIpc) is 3.01. The molecule has 1 saturated heterocycles. The number of likely N-dealkylation sites (tertiary alicyclic amines) is 1. The largest absolute Gasteiger partial charge is 0.449 e. The van der Waals surface area contributed by atoms with Crippen molar-refractivity contribution in [2.24, 2.45) is 0 Å². The van der Waals surface area contributed by atoms with Gasteiger partial charge in [-0.25, -0.2) is 9.18 Å². The Kier molecular flexibility index (Phi) is 6.58. The highest BCUT2D eigenvalue weighted by molar-refractivity contribution is 6.31. The molecule has 144 valence electrons. The van der Waals surface area contributed by atoms with E-state index in [9.17, 15) is 9.18 Å². The first-order valence-corrected chi connectivity index (χ1v) is 9.58. The van der Waals surface area contributed by atoms with Crippen molar-refractivity contribution in [3.63, 3.8) is 0 Å². The fourth-order valence-electron chi connectivity index (χ4n) is 3.35. The summed E-state index contributed by atoms with van der Waals surface area (Å²) in [6, 6.07) is 9.58. The van der Waals surface area contributed by atoms with Gasteiger partial charge in [0.05, 0.1) is 12.3 Å². The summed E-state index contributed by atoms with van der Waals surface area (Å²) in [4.78, 5) is 14.5. The van der Waals surface area contributed by atoms with Crippen molar-refractivity contribution in [1.82, 2.24) is 4.90 Å². The van der Waals surface area contributed by atoms with Gasteiger partial charge in [0.2, 0.25) is 0 Å². The highest BCUT2D eigenvalue weighted by Gasteiger charge is 2.21. The third kappa shape index (κ3) is 5.34. The summed E-state index contributed by atoms with van der Waals surface area (Å²) in [7, 11) is 2.09. The second kappa shape index (κ2) is 8.91. The fourth-order valence-corrected chi connectivity index (χ4v) is 3.75. The predicted molar refractivity (Wildman–Crippen MR) is 107 cm³/mol. The van der Waals surface area contributed by atoms with Gasteiger partial charge in [0.15, 0.2) is 0 Å². The number of ether oxygens (including phenoxy) is 1. The number of hydrogen-bond donors (Lipinski definition) is 1. The molecule has 4 nitrogen and oxygen atoms in total. The average molecular weight is 411 g/mol. The second-order valence-corrected chi connectivity index (χ2v) is 7.55. The molecule has 1 amide bonds. The van der Waals surface area contributed by atoms with Crippen LogP contribution < -0.4 is 5.32 Å². The molecule has 0 radical (unpaired) electrons. The molecular formula is C20H21Cl2FN2O2. The highest BCUT2D eigenvalue weighted by atomic mass is 35.5. The van der Waals surface area contributed by atoms with Crippen LogP contribution in [0.1, 0.15) is 19.3 Å². The number of nitrogens with one attached hydrogen (secondary N) is 1. The van der Waals surface area contributed by atoms with Crippen molar-refractivity contribution in [2.75, 3.05) is 25.5 Å². The number of halogens is 3. The maximum atomic E-state index is 13.7. The Morgan fingerprint density at radius 3 is 2.78 bits per heavy atom. The molecule has 1 aliphatic rings. The SMILES string of the molecule is CN1CCCC1CCOC(=O)Nc1ccc(Cl)cc1-c1cc(F)cc(Cl)c1. The fraction of sp³-hybridized carbons (Fsp3) is 0.350. The molecule has 3 rings (SSSR count). The van der Waals surface area contributed by atoms with Crippen LogP contribution in [-0.2, 0) is 4.74 Å². The van der Waals surface area contributed by atoms with Crippen LogP contribution in [0.3, 0.4) is 0 Å². The van der Waals surface area contributed by atoms with Gasteiger partial charge >= 0.3 is 6.09 Å². The zero-order valence-corrected chi connectivity index (χ0v) is 16.5. The first-order valence-electron chi connectivity index (χ1n) is 8.82. The molecule has 1 atom stereocenters. The number of benzene rings is 2. The van der Waals surface area contributed by atoms with E-state index >= 15 is 0 Å². The summed E-state index contributed by atoms with van der Waals surface area (Å²) in [6.45, 7) is 1.43. The summed E-state index contributed by atoms with van der Waals surface area (Å²) < 4.78 is 19.0. The van der Waals surface area contributed by atoms with Crippen molar-refractivity contribution in [3.8, 4) is 11.1 Å². The third-order valence-electron chi connectivity index (χ3n) is 4.75. The second-order valence-electron chi connectivity index (χ2n) is 6.67. The minimum Gasteiger partial charge on any atom is -0.449 e. The third-order valence-corrected chi connectivity index (χ3v) is 5.20. The maximum absolute atomic E-state index is 13.7. The van der Waals surface area contributed by atoms with E-state index in [-0.39, 0.29) is 5.02 Å². The summed E-state index contributed by atoms with van der Waals surface area (Å²) in [5.74, 6) is -0.466. The minimum atomic E-state index is -0.554. The molecule has 0 aromatic heterocycles. The Balaban J connectivity index is 1.68. The molecule has 1 N–H and O–H groups in total. The van der Waals surface area contributed by atoms with Crippen molar-refractivity contribution in [2.45, 2.75) is 25.3 Å². The molecule has 0 bridgehead atoms. The highest BCUT2D eigenvalue weighted by Crippen LogP contribution is 2.33. The zero-order valence-electron chi connectivity index (χ0n) is 15.0. The minimum absolute atomic E-state index is 0.263. The Bertz CT molecular complexity index is 811. The van der Waals surface area contributed by atoms with Gasteiger partial charge in [-0.15, -0.1) is 0 Å². The number of hydrogen-bond acceptors (Lipinski definition) is 3. The first-order chi connectivity index (χ1) is 12.9. The molecule has 1 aliphatic heterocycles. The van der Waals surface area contributed by atoms with Crippen molar-refractivity contribution >= 4 is 35.0 Å². The van der Waals surface area contributed by atoms with Gasteiger partial charge in [-0.1, -0.05) is 23.2 Å². The van der Waals surface area contributed by atoms with Gasteiger partial charge in [0, 0.05) is 21.7 Å². The van der Waals surface area contributed by atoms with E-state index in [1.165, 1.54) is 18.6 Å². The number of anilines is 1. The van der Waals surface area contributed by atoms with Crippen LogP contribution >= 0.6 is 23.2 Å². The topological polar surface area (TPSA) is 41.6 Å². The Labute approximate surface area is 168 Å². The van der Waals surface area contributed by atoms with Crippen LogP contribution in [0.15, 0.2) is 36.4 Å². The Morgan fingerprint density at radius 1 is 1.26 bits per heavy atom. The molecule has 27 heavy (non-hydrogen) atoms. The molecule has 0 aliphatic carbocycles. The number of carbonyl (C=O) groups excluding carboxylic acids is 1. The van der Waals surface area contributed by atoms with E-state index in [0.29, 0.717) is 34.5 Å². The van der Waals surface area contributed by atoms with Gasteiger partial charge in [-0.3, -0.25) is 5.32 Å². The van der Waals surface area contributed by atoms with Crippen LogP contribution in [0.2, 0.25) is 10.0 Å². The van der Waals surface area contributed by atoms with E-state index in [4.69, 9.17) is 27.9 Å². The van der Waals surface area contributed by atoms with Crippen molar-refractivity contribution in [1.29, 1.82) is 0 Å². The first kappa shape index (κ1) is 19.9. The number of carbonyl (C=O) groups is 1. The lowest BCUT2D eigenvalue weighted by Crippen LogP contribution is -2.27. The molecule has 1 fully saturated rings. The van der Waals surface area contributed by atoms with Crippen molar-refractivity contribution < 1.29 is 13.9 Å². The number of rotatable bonds is 5. The van der Waals surface area contributed by atoms with Crippen LogP contribution in [0.25, 0.3) is 11.1 Å². The van der Waals surface area contributed by atoms with Crippen LogP contribution in [-0.4, -0.2) is 37.2 Å². The normalized spacial score (nSPS) is 17.1. The maximum Gasteiger partial charge on any atom is 0.411 e. The van der Waals surface area contributed by atoms with Gasteiger partial charge in [0.1, 0.15) is 5.82 Å². The summed E-state index contributed by atoms with van der Waals surface area (Å²) in [5.41, 5.74) is 1.56. The smallest absolute Gasteiger partial charge is 0.411 e. The van der Waals surface area contributed by atoms with Crippen LogP contribution in [0, 0.1) is 5.82 Å². The summed E-state index contributed by atoms with van der Waals surface area (Å²) >= 11 is 12.0. The molecule has 0 saturated carbocycles. The Morgan fingerprint density at radius 2 is 2.07 bits per heavy atom. The monoisotopic (exact) mass is 410 g/mol. The molecule has 1 heterocycles. The van der Waals surface area contributed by atoms with Gasteiger partial charge in [0.25, 0.3) is 0 Å². The van der Waals surface area contributed by atoms with E-state index in [0.717, 1.165) is 19.4 Å². The zero-order chi connectivity index (χ0) is 19.4. The van der Waals surface area contributed by atoms with Crippen LogP contribution in [0.4, 0.5) is 14.9 Å². The summed E-state index contributed by atoms with van der Waals surface area (Å²) in [5, 5.41) is 3.44. The molecule has 2 aromatic rings. The quantitative estimate of drug-likeness (QED) is 0.673. The van der Waals surface area contributed by atoms with Gasteiger partial charge in [-0.2, -0.15) is 0 Å². The standard InChI is InChI=1S/C20H21Cl2FN2O2/c1-25-7-2-3-17(25)6-8-27-20(26)24-19-5-4-14(21)12-18(19)13-9-15(22)11-16(23)10-13/h4-5,9-12,17H,2-3,6-8H2,1H3,(H,24,26). The van der Waals surface area contributed by atoms with Gasteiger partial charge in [-0.05, 0) is 74.8 Å². The molecule has 2 aromatic carbocycles. The molecule has 7 heteroatoms. The predicted octanol–water partition coefficient (Wildman–Crippen LogP) is 5.83. The van der Waals surface area contributed by atoms with Crippen LogP contribution in [0.5, 0.6) is 0 Å². The number of nitrogens with zero attached hydrogens (tertiary/aromatic N) is 1. The van der Waals surface area contributed by atoms with E-state index in [1.807, 2.05) is 0 Å². The Hall–Kier alpha value is -1.82. The molecular weight excluding hydrogens is 390 g/mol. The van der Waals surface area contributed by atoms with Gasteiger partial charge < -0.3 is 9.64 Å². The molecule has 0 spiro atoms. The van der Waals surface area contributed by atoms with E-state index in [2.05, 4.69) is 17.3 Å². The lowest BCUT2D eigenvalue weighted by atomic mass is 10.0. The van der Waals surface area contributed by atoms with E-state index in [1.54, 1.807) is 24.3 Å². The number of amides is 1.